The molecule has 0 radical (unpaired) electrons. The topological polar surface area (TPSA) is 37.3 Å². The summed E-state index contributed by atoms with van der Waals surface area (Å²) < 4.78 is 34.6. The molecule has 0 aromatic carbocycles. The van der Waals surface area contributed by atoms with Gasteiger partial charge in [-0.3, -0.25) is 4.79 Å². The lowest BCUT2D eigenvalue weighted by Crippen LogP contribution is -2.47. The standard InChI is InChI=1S/C4H4ClF3O2/c1-3(10,2(5)9)4(6,7)8/h10H,1H3/t3-/m0/s1. The Balaban J connectivity index is 4.57. The molecule has 1 atom stereocenters. The van der Waals surface area contributed by atoms with Gasteiger partial charge in [-0.15, -0.1) is 0 Å². The second kappa shape index (κ2) is 2.39. The van der Waals surface area contributed by atoms with E-state index in [1.54, 1.807) is 0 Å². The van der Waals surface area contributed by atoms with Crippen LogP contribution in [0.4, 0.5) is 13.2 Å². The van der Waals surface area contributed by atoms with Crippen LogP contribution in [-0.2, 0) is 4.79 Å². The van der Waals surface area contributed by atoms with Gasteiger partial charge in [0.15, 0.2) is 0 Å². The summed E-state index contributed by atoms with van der Waals surface area (Å²) in [7, 11) is 0. The molecule has 1 N–H and O–H groups in total. The lowest BCUT2D eigenvalue weighted by atomic mass is 10.1. The molecule has 0 unspecified atom stereocenters. The normalized spacial score (nSPS) is 18.2. The number of alkyl halides is 3. The Hall–Kier alpha value is -0.290. The molecule has 0 bridgehead atoms. The van der Waals surface area contributed by atoms with Gasteiger partial charge in [-0.1, -0.05) is 0 Å². The van der Waals surface area contributed by atoms with Crippen molar-refractivity contribution in [3.63, 3.8) is 0 Å². The fraction of sp³-hybridized carbons (Fsp3) is 0.750. The highest BCUT2D eigenvalue weighted by atomic mass is 35.5. The zero-order chi connectivity index (χ0) is 8.58. The monoisotopic (exact) mass is 176 g/mol. The average molecular weight is 177 g/mol. The van der Waals surface area contributed by atoms with Gasteiger partial charge in [0, 0.05) is 0 Å². The minimum atomic E-state index is -5.01. The molecule has 0 aromatic rings. The third-order valence-electron chi connectivity index (χ3n) is 0.935. The van der Waals surface area contributed by atoms with Crippen molar-refractivity contribution in [1.29, 1.82) is 0 Å². The van der Waals surface area contributed by atoms with E-state index in [1.807, 2.05) is 0 Å². The van der Waals surface area contributed by atoms with Crippen LogP contribution in [0, 0.1) is 0 Å². The van der Waals surface area contributed by atoms with Crippen LogP contribution in [0.5, 0.6) is 0 Å². The minimum absolute atomic E-state index is 0.294. The van der Waals surface area contributed by atoms with Crippen molar-refractivity contribution in [2.24, 2.45) is 0 Å². The van der Waals surface area contributed by atoms with E-state index in [1.165, 1.54) is 0 Å². The first-order chi connectivity index (χ1) is 4.19. The van der Waals surface area contributed by atoms with Crippen LogP contribution in [-0.4, -0.2) is 22.1 Å². The maximum absolute atomic E-state index is 11.5. The van der Waals surface area contributed by atoms with Gasteiger partial charge in [0.2, 0.25) is 5.60 Å². The summed E-state index contributed by atoms with van der Waals surface area (Å²) in [6.07, 6.45) is -5.01. The number of rotatable bonds is 1. The molecule has 0 amide bonds. The summed E-state index contributed by atoms with van der Waals surface area (Å²) >= 11 is 4.45. The number of carbonyl (C=O) groups is 1. The zero-order valence-electron chi connectivity index (χ0n) is 4.87. The van der Waals surface area contributed by atoms with Crippen molar-refractivity contribution in [3.05, 3.63) is 0 Å². The first kappa shape index (κ1) is 9.71. The highest BCUT2D eigenvalue weighted by Crippen LogP contribution is 2.31. The van der Waals surface area contributed by atoms with Crippen LogP contribution >= 0.6 is 11.6 Å². The third-order valence-corrected chi connectivity index (χ3v) is 1.30. The van der Waals surface area contributed by atoms with E-state index in [-0.39, 0.29) is 0 Å². The molecule has 2 nitrogen and oxygen atoms in total. The Morgan fingerprint density at radius 1 is 1.50 bits per heavy atom. The van der Waals surface area contributed by atoms with Crippen molar-refractivity contribution in [2.75, 3.05) is 0 Å². The summed E-state index contributed by atoms with van der Waals surface area (Å²) in [5, 5.41) is 6.49. The fourth-order valence-corrected chi connectivity index (χ4v) is 0.219. The third kappa shape index (κ3) is 1.60. The second-order valence-corrected chi connectivity index (χ2v) is 2.19. The highest BCUT2D eigenvalue weighted by molar-refractivity contribution is 6.65. The molecule has 0 spiro atoms. The van der Waals surface area contributed by atoms with Gasteiger partial charge >= 0.3 is 6.18 Å². The molecule has 0 aliphatic carbocycles. The minimum Gasteiger partial charge on any atom is -0.373 e. The van der Waals surface area contributed by atoms with Gasteiger partial charge in [0.05, 0.1) is 0 Å². The summed E-state index contributed by atoms with van der Waals surface area (Å²) in [6.45, 7) is 0.294. The van der Waals surface area contributed by atoms with E-state index in [4.69, 9.17) is 5.11 Å². The molecule has 0 heterocycles. The van der Waals surface area contributed by atoms with Gasteiger partial charge in [-0.05, 0) is 18.5 Å². The van der Waals surface area contributed by atoms with Gasteiger partial charge in [-0.2, -0.15) is 13.2 Å². The van der Waals surface area contributed by atoms with E-state index in [9.17, 15) is 18.0 Å². The van der Waals surface area contributed by atoms with E-state index in [0.717, 1.165) is 0 Å². The second-order valence-electron chi connectivity index (χ2n) is 1.84. The van der Waals surface area contributed by atoms with Crippen LogP contribution in [0.2, 0.25) is 0 Å². The zero-order valence-corrected chi connectivity index (χ0v) is 5.62. The number of aliphatic hydroxyl groups is 1. The molecule has 0 aliphatic heterocycles. The quantitative estimate of drug-likeness (QED) is 0.607. The summed E-state index contributed by atoms with van der Waals surface area (Å²) in [5.41, 5.74) is -3.44. The molecule has 60 valence electrons. The summed E-state index contributed by atoms with van der Waals surface area (Å²) in [6, 6.07) is 0. The van der Waals surface area contributed by atoms with Gasteiger partial charge in [0.1, 0.15) is 0 Å². The van der Waals surface area contributed by atoms with E-state index >= 15 is 0 Å². The van der Waals surface area contributed by atoms with E-state index in [0.29, 0.717) is 6.92 Å². The van der Waals surface area contributed by atoms with Crippen molar-refractivity contribution >= 4 is 16.8 Å². The molecule has 0 saturated carbocycles. The van der Waals surface area contributed by atoms with Crippen molar-refractivity contribution < 1.29 is 23.1 Å². The van der Waals surface area contributed by atoms with Crippen LogP contribution < -0.4 is 0 Å². The largest absolute Gasteiger partial charge is 0.425 e. The average Bonchev–Trinajstić information content (AvgIpc) is 1.62. The molecule has 0 fully saturated rings. The predicted octanol–water partition coefficient (Wildman–Crippen LogP) is 1.07. The smallest absolute Gasteiger partial charge is 0.373 e. The van der Waals surface area contributed by atoms with E-state index in [2.05, 4.69) is 11.6 Å². The highest BCUT2D eigenvalue weighted by Gasteiger charge is 2.54. The van der Waals surface area contributed by atoms with Crippen LogP contribution in [0.25, 0.3) is 0 Å². The fourth-order valence-electron chi connectivity index (χ4n) is 0.111. The molecule has 0 aromatic heterocycles. The lowest BCUT2D eigenvalue weighted by Gasteiger charge is -2.20. The molecular weight excluding hydrogens is 172 g/mol. The molecule has 0 saturated heterocycles. The Kier molecular flexibility index (Phi) is 2.32. The lowest BCUT2D eigenvalue weighted by molar-refractivity contribution is -0.240. The SMILES string of the molecule is C[C@](O)(C(=O)Cl)C(F)(F)F. The first-order valence-corrected chi connectivity index (χ1v) is 2.56. The Morgan fingerprint density at radius 3 is 1.80 bits per heavy atom. The van der Waals surface area contributed by atoms with Gasteiger partial charge < -0.3 is 5.11 Å². The maximum atomic E-state index is 11.5. The van der Waals surface area contributed by atoms with Crippen LogP contribution in [0.1, 0.15) is 6.92 Å². The number of hydrogen-bond donors (Lipinski definition) is 1. The number of carbonyl (C=O) groups excluding carboxylic acids is 1. The van der Waals surface area contributed by atoms with Gasteiger partial charge in [0.25, 0.3) is 5.24 Å². The summed E-state index contributed by atoms with van der Waals surface area (Å²) in [4.78, 5) is 9.91. The Labute approximate surface area is 59.6 Å². The van der Waals surface area contributed by atoms with Crippen molar-refractivity contribution in [3.8, 4) is 0 Å². The molecule has 6 heteroatoms. The molecule has 10 heavy (non-hydrogen) atoms. The predicted molar refractivity (Wildman–Crippen MR) is 27.5 cm³/mol. The van der Waals surface area contributed by atoms with Crippen molar-refractivity contribution in [2.45, 2.75) is 18.7 Å². The van der Waals surface area contributed by atoms with E-state index < -0.39 is 17.0 Å². The van der Waals surface area contributed by atoms with Crippen LogP contribution in [0.15, 0.2) is 0 Å². The maximum Gasteiger partial charge on any atom is 0.425 e. The summed E-state index contributed by atoms with van der Waals surface area (Å²) in [5.74, 6) is 0. The first-order valence-electron chi connectivity index (χ1n) is 2.18. The van der Waals surface area contributed by atoms with Gasteiger partial charge in [-0.25, -0.2) is 0 Å². The Morgan fingerprint density at radius 2 is 1.80 bits per heavy atom. The number of hydrogen-bond acceptors (Lipinski definition) is 2. The number of halogens is 4. The Bertz CT molecular complexity index is 151. The molecule has 0 aliphatic rings. The van der Waals surface area contributed by atoms with Crippen molar-refractivity contribution in [1.82, 2.24) is 0 Å². The van der Waals surface area contributed by atoms with Crippen LogP contribution in [0.3, 0.4) is 0 Å². The molecule has 0 rings (SSSR count). The molecular formula is C4H4ClF3O2.